The third kappa shape index (κ3) is 5.36. The number of ether oxygens (including phenoxy) is 1. The van der Waals surface area contributed by atoms with Crippen LogP contribution in [-0.2, 0) is 0 Å². The lowest BCUT2D eigenvalue weighted by Gasteiger charge is -2.06. The molecule has 7 heteroatoms. The zero-order valence-electron chi connectivity index (χ0n) is 15.1. The second-order valence-corrected chi connectivity index (χ2v) is 5.68. The van der Waals surface area contributed by atoms with Gasteiger partial charge in [-0.3, -0.25) is 0 Å². The first-order valence-electron chi connectivity index (χ1n) is 8.22. The topological polar surface area (TPSA) is 118 Å². The first-order valence-corrected chi connectivity index (χ1v) is 8.22. The molecule has 0 aromatic heterocycles. The molecule has 0 aliphatic rings. The highest BCUT2D eigenvalue weighted by Gasteiger charge is 2.09. The van der Waals surface area contributed by atoms with Crippen molar-refractivity contribution in [3.05, 3.63) is 77.9 Å². The summed E-state index contributed by atoms with van der Waals surface area (Å²) in [5.74, 6) is 0.553. The zero-order valence-corrected chi connectivity index (χ0v) is 15.1. The predicted octanol–water partition coefficient (Wildman–Crippen LogP) is 2.18. The van der Waals surface area contributed by atoms with Crippen molar-refractivity contribution in [2.75, 3.05) is 7.11 Å². The number of hydrogen-bond donors (Lipinski definition) is 3. The smallest absolute Gasteiger partial charge is 0.488 e. The van der Waals surface area contributed by atoms with Gasteiger partial charge in [-0.15, -0.1) is 0 Å². The average molecular weight is 372 g/mol. The molecule has 0 atom stereocenters. The Bertz CT molecular complexity index is 1000. The minimum absolute atomic E-state index is 0.116. The standard InChI is InChI=1S/C14H11NO2.C7H6BNO2/c1-17-14-8-12(6-7-13(14)16)11-4-2-10(9-15)3-5-11;9-5-6-1-3-7(4-2-6)8(10)11/h2-8,16H,1H3;1-4,10-11H. The van der Waals surface area contributed by atoms with Crippen LogP contribution in [0.4, 0.5) is 0 Å². The summed E-state index contributed by atoms with van der Waals surface area (Å²) in [4.78, 5) is 0. The lowest BCUT2D eigenvalue weighted by atomic mass is 9.80. The molecule has 0 saturated carbocycles. The second-order valence-electron chi connectivity index (χ2n) is 5.68. The number of rotatable bonds is 3. The fourth-order valence-corrected chi connectivity index (χ4v) is 2.32. The zero-order chi connectivity index (χ0) is 20.5. The first kappa shape index (κ1) is 20.5. The number of phenolic OH excluding ortho intramolecular Hbond substituents is 1. The molecule has 0 heterocycles. The predicted molar refractivity (Wildman–Crippen MR) is 106 cm³/mol. The van der Waals surface area contributed by atoms with E-state index in [0.717, 1.165) is 11.1 Å². The van der Waals surface area contributed by atoms with Crippen molar-refractivity contribution in [1.82, 2.24) is 0 Å². The van der Waals surface area contributed by atoms with E-state index in [1.807, 2.05) is 18.2 Å². The maximum atomic E-state index is 9.50. The van der Waals surface area contributed by atoms with Crippen molar-refractivity contribution in [3.63, 3.8) is 0 Å². The Labute approximate surface area is 163 Å². The molecule has 0 aliphatic heterocycles. The number of benzene rings is 3. The molecule has 0 fully saturated rings. The summed E-state index contributed by atoms with van der Waals surface area (Å²) >= 11 is 0. The third-order valence-electron chi connectivity index (χ3n) is 3.86. The van der Waals surface area contributed by atoms with Crippen LogP contribution >= 0.6 is 0 Å². The van der Waals surface area contributed by atoms with Crippen LogP contribution in [0, 0.1) is 22.7 Å². The second kappa shape index (κ2) is 9.79. The number of nitrogens with zero attached hydrogens (tertiary/aromatic N) is 2. The molecular formula is C21H17BN2O4. The van der Waals surface area contributed by atoms with Gasteiger partial charge < -0.3 is 19.9 Å². The van der Waals surface area contributed by atoms with E-state index in [1.165, 1.54) is 31.4 Å². The van der Waals surface area contributed by atoms with Gasteiger partial charge in [-0.2, -0.15) is 10.5 Å². The van der Waals surface area contributed by atoms with E-state index >= 15 is 0 Å². The lowest BCUT2D eigenvalue weighted by molar-refractivity contribution is 0.373. The van der Waals surface area contributed by atoms with Crippen LogP contribution < -0.4 is 10.2 Å². The van der Waals surface area contributed by atoms with Crippen molar-refractivity contribution in [1.29, 1.82) is 10.5 Å². The molecule has 6 nitrogen and oxygen atoms in total. The Hall–Kier alpha value is -3.78. The van der Waals surface area contributed by atoms with Crippen LogP contribution in [-0.4, -0.2) is 29.4 Å². The monoisotopic (exact) mass is 372 g/mol. The minimum Gasteiger partial charge on any atom is -0.504 e. The Balaban J connectivity index is 0.000000221. The Morgan fingerprint density at radius 3 is 1.75 bits per heavy atom. The SMILES string of the molecule is COc1cc(-c2ccc(C#N)cc2)ccc1O.N#Cc1ccc(B(O)O)cc1. The summed E-state index contributed by atoms with van der Waals surface area (Å²) in [5.41, 5.74) is 3.43. The van der Waals surface area contributed by atoms with Gasteiger partial charge in [0.15, 0.2) is 11.5 Å². The van der Waals surface area contributed by atoms with Crippen molar-refractivity contribution >= 4 is 12.6 Å². The first-order chi connectivity index (χ1) is 13.5. The Kier molecular flexibility index (Phi) is 7.18. The van der Waals surface area contributed by atoms with E-state index in [9.17, 15) is 5.11 Å². The van der Waals surface area contributed by atoms with Crippen LogP contribution in [0.2, 0.25) is 0 Å². The Morgan fingerprint density at radius 1 is 0.786 bits per heavy atom. The minimum atomic E-state index is -1.46. The highest BCUT2D eigenvalue weighted by atomic mass is 16.5. The van der Waals surface area contributed by atoms with Gasteiger partial charge in [0.1, 0.15) is 0 Å². The quantitative estimate of drug-likeness (QED) is 0.607. The third-order valence-corrected chi connectivity index (χ3v) is 3.86. The summed E-state index contributed by atoms with van der Waals surface area (Å²) in [6.45, 7) is 0. The van der Waals surface area contributed by atoms with Crippen LogP contribution in [0.25, 0.3) is 11.1 Å². The molecule has 0 aliphatic carbocycles. The molecule has 0 unspecified atom stereocenters. The summed E-state index contributed by atoms with van der Waals surface area (Å²) in [5, 5.41) is 43.9. The van der Waals surface area contributed by atoms with E-state index in [1.54, 1.807) is 30.3 Å². The van der Waals surface area contributed by atoms with Crippen molar-refractivity contribution < 1.29 is 19.9 Å². The van der Waals surface area contributed by atoms with Crippen LogP contribution in [0.5, 0.6) is 11.5 Å². The molecule has 0 spiro atoms. The van der Waals surface area contributed by atoms with Crippen molar-refractivity contribution in [3.8, 4) is 34.8 Å². The van der Waals surface area contributed by atoms with Gasteiger partial charge in [-0.25, -0.2) is 0 Å². The molecule has 3 aromatic carbocycles. The van der Waals surface area contributed by atoms with E-state index in [-0.39, 0.29) is 5.75 Å². The molecule has 0 amide bonds. The number of methoxy groups -OCH3 is 1. The fraction of sp³-hybridized carbons (Fsp3) is 0.0476. The van der Waals surface area contributed by atoms with Crippen LogP contribution in [0.1, 0.15) is 11.1 Å². The van der Waals surface area contributed by atoms with Gasteiger partial charge in [-0.05, 0) is 53.0 Å². The summed E-state index contributed by atoms with van der Waals surface area (Å²) in [6.07, 6.45) is 0. The van der Waals surface area contributed by atoms with E-state index in [0.29, 0.717) is 22.3 Å². The molecular weight excluding hydrogens is 355 g/mol. The molecule has 28 heavy (non-hydrogen) atoms. The van der Waals surface area contributed by atoms with E-state index in [4.69, 9.17) is 25.3 Å². The number of phenols is 1. The molecule has 3 N–H and O–H groups in total. The molecule has 3 aromatic rings. The van der Waals surface area contributed by atoms with Gasteiger partial charge in [0.05, 0.1) is 30.4 Å². The van der Waals surface area contributed by atoms with E-state index in [2.05, 4.69) is 6.07 Å². The molecule has 0 bridgehead atoms. The maximum absolute atomic E-state index is 9.50. The van der Waals surface area contributed by atoms with Crippen molar-refractivity contribution in [2.45, 2.75) is 0 Å². The van der Waals surface area contributed by atoms with Gasteiger partial charge >= 0.3 is 7.12 Å². The molecule has 0 saturated heterocycles. The van der Waals surface area contributed by atoms with Crippen molar-refractivity contribution in [2.24, 2.45) is 0 Å². The number of aromatic hydroxyl groups is 1. The van der Waals surface area contributed by atoms with Gasteiger partial charge in [0, 0.05) is 0 Å². The average Bonchev–Trinajstić information content (AvgIpc) is 2.74. The fourth-order valence-electron chi connectivity index (χ4n) is 2.32. The largest absolute Gasteiger partial charge is 0.504 e. The lowest BCUT2D eigenvalue weighted by Crippen LogP contribution is -2.29. The molecule has 3 rings (SSSR count). The van der Waals surface area contributed by atoms with Crippen LogP contribution in [0.3, 0.4) is 0 Å². The van der Waals surface area contributed by atoms with Crippen LogP contribution in [0.15, 0.2) is 66.7 Å². The van der Waals surface area contributed by atoms with E-state index < -0.39 is 7.12 Å². The highest BCUT2D eigenvalue weighted by molar-refractivity contribution is 6.58. The molecule has 138 valence electrons. The Morgan fingerprint density at radius 2 is 1.29 bits per heavy atom. The molecule has 0 radical (unpaired) electrons. The summed E-state index contributed by atoms with van der Waals surface area (Å²) in [7, 11) is 0.0557. The van der Waals surface area contributed by atoms with Gasteiger partial charge in [0.2, 0.25) is 0 Å². The summed E-state index contributed by atoms with van der Waals surface area (Å²) in [6, 6.07) is 22.5. The maximum Gasteiger partial charge on any atom is 0.488 e. The number of nitriles is 2. The number of hydrogen-bond acceptors (Lipinski definition) is 6. The normalized spacial score (nSPS) is 9.32. The summed E-state index contributed by atoms with van der Waals surface area (Å²) < 4.78 is 5.05. The highest BCUT2D eigenvalue weighted by Crippen LogP contribution is 2.31. The van der Waals surface area contributed by atoms with Gasteiger partial charge in [0.25, 0.3) is 0 Å². The van der Waals surface area contributed by atoms with Gasteiger partial charge in [-0.1, -0.05) is 30.3 Å².